The van der Waals surface area contributed by atoms with Crippen LogP contribution < -0.4 is 9.47 Å². The molecule has 1 aliphatic heterocycles. The number of ether oxygens (including phenoxy) is 2. The van der Waals surface area contributed by atoms with Crippen LogP contribution in [0.25, 0.3) is 0 Å². The maximum Gasteiger partial charge on any atom is 0.164 e. The fraction of sp³-hybridized carbons (Fsp3) is 0.536. The van der Waals surface area contributed by atoms with E-state index in [1.807, 2.05) is 12.1 Å². The van der Waals surface area contributed by atoms with E-state index in [0.29, 0.717) is 36.5 Å². The van der Waals surface area contributed by atoms with Crippen molar-refractivity contribution in [2.24, 2.45) is 11.8 Å². The van der Waals surface area contributed by atoms with E-state index in [0.717, 1.165) is 55.5 Å². The lowest BCUT2D eigenvalue weighted by Crippen LogP contribution is -2.64. The molecule has 6 heteroatoms. The summed E-state index contributed by atoms with van der Waals surface area (Å²) < 4.78 is 12.0. The summed E-state index contributed by atoms with van der Waals surface area (Å²) in [5.74, 6) is 2.02. The number of methoxy groups -OCH3 is 1. The molecular weight excluding hydrogens is 450 g/mol. The Labute approximate surface area is 208 Å². The Morgan fingerprint density at radius 1 is 1.21 bits per heavy atom. The van der Waals surface area contributed by atoms with Gasteiger partial charge in [-0.1, -0.05) is 37.3 Å². The zero-order valence-corrected chi connectivity index (χ0v) is 21.2. The van der Waals surface area contributed by atoms with E-state index in [9.17, 15) is 9.90 Å². The molecule has 1 saturated heterocycles. The Kier molecular flexibility index (Phi) is 7.16. The maximum atomic E-state index is 13.0. The summed E-state index contributed by atoms with van der Waals surface area (Å²) in [6.45, 7) is 3.61. The minimum atomic E-state index is -0.346. The van der Waals surface area contributed by atoms with Crippen LogP contribution in [0.1, 0.15) is 49.3 Å². The third-order valence-electron chi connectivity index (χ3n) is 8.67. The number of rotatable bonds is 6. The molecule has 0 aromatic heterocycles. The van der Waals surface area contributed by atoms with Crippen LogP contribution in [-0.4, -0.2) is 49.1 Å². The molecule has 1 saturated carbocycles. The Bertz CT molecular complexity index is 1040. The van der Waals surface area contributed by atoms with Crippen LogP contribution in [0.5, 0.6) is 17.2 Å². The summed E-state index contributed by atoms with van der Waals surface area (Å²) in [6, 6.07) is 12.7. The summed E-state index contributed by atoms with van der Waals surface area (Å²) in [5, 5.41) is 11.4. The van der Waals surface area contributed by atoms with Gasteiger partial charge in [0.2, 0.25) is 0 Å². The molecule has 2 aliphatic carbocycles. The molecule has 1 N–H and O–H groups in total. The molecule has 0 unspecified atom stereocenters. The van der Waals surface area contributed by atoms with E-state index in [1.165, 1.54) is 5.56 Å². The molecule has 2 aromatic carbocycles. The Morgan fingerprint density at radius 2 is 1.97 bits per heavy atom. The normalized spacial score (nSPS) is 27.9. The van der Waals surface area contributed by atoms with Crippen LogP contribution >= 0.6 is 12.4 Å². The SMILES string of the molecule is COc1cc(OCCCc2ccccc2)c2c(c1O)[C@]13CCN(C)[C@H](C2)[C@@H]1CCC(=O)[C@H]3C.Cl. The van der Waals surface area contributed by atoms with E-state index in [1.54, 1.807) is 7.11 Å². The van der Waals surface area contributed by atoms with Gasteiger partial charge in [-0.25, -0.2) is 0 Å². The molecule has 1 heterocycles. The molecule has 34 heavy (non-hydrogen) atoms. The first-order valence-corrected chi connectivity index (χ1v) is 12.3. The molecule has 0 spiro atoms. The average Bonchev–Trinajstić information content (AvgIpc) is 2.83. The molecule has 2 fully saturated rings. The van der Waals surface area contributed by atoms with Gasteiger partial charge in [-0.2, -0.15) is 0 Å². The van der Waals surface area contributed by atoms with Crippen molar-refractivity contribution < 1.29 is 19.4 Å². The van der Waals surface area contributed by atoms with E-state index < -0.39 is 0 Å². The highest BCUT2D eigenvalue weighted by Gasteiger charge is 2.60. The van der Waals surface area contributed by atoms with Crippen LogP contribution in [0.3, 0.4) is 0 Å². The van der Waals surface area contributed by atoms with Crippen molar-refractivity contribution in [1.82, 2.24) is 4.90 Å². The van der Waals surface area contributed by atoms with Crippen molar-refractivity contribution in [1.29, 1.82) is 0 Å². The van der Waals surface area contributed by atoms with Gasteiger partial charge in [0.1, 0.15) is 11.5 Å². The van der Waals surface area contributed by atoms with Gasteiger partial charge in [0, 0.05) is 41.0 Å². The van der Waals surface area contributed by atoms with Crippen molar-refractivity contribution in [2.45, 2.75) is 56.9 Å². The molecule has 5 nitrogen and oxygen atoms in total. The van der Waals surface area contributed by atoms with Gasteiger partial charge in [-0.15, -0.1) is 12.4 Å². The summed E-state index contributed by atoms with van der Waals surface area (Å²) in [7, 11) is 3.79. The number of Topliss-reactive ketones (excluding diaryl/α,β-unsaturated/α-hetero) is 1. The molecule has 4 atom stereocenters. The smallest absolute Gasteiger partial charge is 0.164 e. The summed E-state index contributed by atoms with van der Waals surface area (Å²) in [5.41, 5.74) is 2.96. The second-order valence-corrected chi connectivity index (χ2v) is 10.1. The average molecular weight is 486 g/mol. The fourth-order valence-corrected chi connectivity index (χ4v) is 6.94. The van der Waals surface area contributed by atoms with Crippen molar-refractivity contribution >= 4 is 18.2 Å². The van der Waals surface area contributed by atoms with E-state index in [2.05, 4.69) is 43.1 Å². The summed E-state index contributed by atoms with van der Waals surface area (Å²) >= 11 is 0. The number of likely N-dealkylation sites (N-methyl/N-ethyl adjacent to an activating group) is 1. The number of phenolic OH excluding ortho intramolecular Hbond substituents is 1. The second kappa shape index (κ2) is 9.79. The number of benzene rings is 2. The highest BCUT2D eigenvalue weighted by molar-refractivity contribution is 5.85. The van der Waals surface area contributed by atoms with Crippen molar-refractivity contribution in [3.63, 3.8) is 0 Å². The van der Waals surface area contributed by atoms with Gasteiger partial charge >= 0.3 is 0 Å². The third-order valence-corrected chi connectivity index (χ3v) is 8.67. The Morgan fingerprint density at radius 3 is 2.71 bits per heavy atom. The second-order valence-electron chi connectivity index (χ2n) is 10.1. The van der Waals surface area contributed by atoms with E-state index in [-0.39, 0.29) is 29.5 Å². The zero-order valence-electron chi connectivity index (χ0n) is 20.4. The lowest BCUT2D eigenvalue weighted by atomic mass is 9.48. The number of hydrogen-bond acceptors (Lipinski definition) is 5. The highest BCUT2D eigenvalue weighted by atomic mass is 35.5. The van der Waals surface area contributed by atoms with Gasteiger partial charge < -0.3 is 19.5 Å². The number of halogens is 1. The van der Waals surface area contributed by atoms with Crippen LogP contribution in [0, 0.1) is 11.8 Å². The van der Waals surface area contributed by atoms with Gasteiger partial charge in [0.15, 0.2) is 11.5 Å². The number of carbonyl (C=O) groups is 1. The molecule has 3 aliphatic rings. The number of fused-ring (bicyclic) bond motifs is 1. The first kappa shape index (κ1) is 24.9. The lowest BCUT2D eigenvalue weighted by molar-refractivity contribution is -0.134. The zero-order chi connectivity index (χ0) is 23.2. The maximum absolute atomic E-state index is 13.0. The Hall–Kier alpha value is -2.24. The first-order valence-electron chi connectivity index (χ1n) is 12.3. The van der Waals surface area contributed by atoms with Gasteiger partial charge in [0.25, 0.3) is 0 Å². The highest BCUT2D eigenvalue weighted by Crippen LogP contribution is 2.61. The van der Waals surface area contributed by atoms with E-state index >= 15 is 0 Å². The van der Waals surface area contributed by atoms with Crippen LogP contribution in [-0.2, 0) is 23.1 Å². The molecule has 0 radical (unpaired) electrons. The molecule has 2 aromatic rings. The minimum absolute atomic E-state index is 0. The van der Waals surface area contributed by atoms with Crippen molar-refractivity contribution in [3.8, 4) is 17.2 Å². The fourth-order valence-electron chi connectivity index (χ4n) is 6.94. The monoisotopic (exact) mass is 485 g/mol. The predicted octanol–water partition coefficient (Wildman–Crippen LogP) is 4.95. The molecule has 5 rings (SSSR count). The van der Waals surface area contributed by atoms with Crippen LogP contribution in [0.15, 0.2) is 36.4 Å². The standard InChI is InChI=1S/C28H35NO4.ClH/c1-18-23(30)12-11-21-22-16-20-24(33-15-7-10-19-8-5-4-6-9-19)17-25(32-3)27(31)26(20)28(18,21)13-14-29(22)2;/h4-6,8-9,17-18,21-22,31H,7,10-16H2,1-3H3;1H/t18-,21+,22-,28+;/m1./s1. The number of likely N-dealkylation sites (tertiary alicyclic amines) is 1. The summed E-state index contributed by atoms with van der Waals surface area (Å²) in [6.07, 6.45) is 5.11. The van der Waals surface area contributed by atoms with E-state index in [4.69, 9.17) is 9.47 Å². The molecule has 2 bridgehead atoms. The molecule has 0 amide bonds. The quantitative estimate of drug-likeness (QED) is 0.587. The number of aryl methyl sites for hydroxylation is 1. The number of carbonyl (C=O) groups excluding carboxylic acids is 1. The molecular formula is C28H36ClNO4. The molecule has 184 valence electrons. The number of phenols is 1. The van der Waals surface area contributed by atoms with Crippen LogP contribution in [0.4, 0.5) is 0 Å². The predicted molar refractivity (Wildman–Crippen MR) is 135 cm³/mol. The Balaban J connectivity index is 0.00000274. The number of piperidine rings is 1. The topological polar surface area (TPSA) is 59.0 Å². The lowest BCUT2D eigenvalue weighted by Gasteiger charge is -2.60. The van der Waals surface area contributed by atoms with Crippen LogP contribution in [0.2, 0.25) is 0 Å². The largest absolute Gasteiger partial charge is 0.504 e. The number of hydrogen-bond donors (Lipinski definition) is 1. The van der Waals surface area contributed by atoms with Gasteiger partial charge in [-0.05, 0) is 57.2 Å². The number of ketones is 1. The number of aromatic hydroxyl groups is 1. The van der Waals surface area contributed by atoms with Crippen molar-refractivity contribution in [2.75, 3.05) is 27.3 Å². The van der Waals surface area contributed by atoms with Gasteiger partial charge in [-0.3, -0.25) is 4.79 Å². The minimum Gasteiger partial charge on any atom is -0.504 e. The number of nitrogens with zero attached hydrogens (tertiary/aromatic N) is 1. The van der Waals surface area contributed by atoms with Crippen molar-refractivity contribution in [3.05, 3.63) is 53.1 Å². The summed E-state index contributed by atoms with van der Waals surface area (Å²) in [4.78, 5) is 15.4. The van der Waals surface area contributed by atoms with Gasteiger partial charge in [0.05, 0.1) is 13.7 Å². The third kappa shape index (κ3) is 3.87. The first-order chi connectivity index (χ1) is 16.0.